The highest BCUT2D eigenvalue weighted by molar-refractivity contribution is 7.19. The number of thiophene rings is 1. The van der Waals surface area contributed by atoms with E-state index in [0.29, 0.717) is 38.9 Å². The number of nitrogens with one attached hydrogen (secondary N) is 1. The second-order valence-corrected chi connectivity index (χ2v) is 8.74. The molecule has 1 aliphatic heterocycles. The topological polar surface area (TPSA) is 101 Å². The number of aryl methyl sites for hydroxylation is 1. The second kappa shape index (κ2) is 8.79. The Hall–Kier alpha value is -3.00. The smallest absolute Gasteiger partial charge is 0.224 e. The average Bonchev–Trinajstić information content (AvgIpc) is 3.11. The number of nitrogens with two attached hydrogens (primary N) is 1. The predicted octanol–water partition coefficient (Wildman–Crippen LogP) is 3.19. The summed E-state index contributed by atoms with van der Waals surface area (Å²) < 4.78 is 0. The van der Waals surface area contributed by atoms with Crippen LogP contribution in [0, 0.1) is 12.8 Å². The number of piperidine rings is 1. The fourth-order valence-corrected chi connectivity index (χ4v) is 5.00. The van der Waals surface area contributed by atoms with Crippen LogP contribution in [0.2, 0.25) is 0 Å². The Morgan fingerprint density at radius 3 is 2.63 bits per heavy atom. The molecule has 0 bridgehead atoms. The maximum absolute atomic E-state index is 12.6. The highest BCUT2D eigenvalue weighted by atomic mass is 32.1. The number of carbonyl (C=O) groups excluding carboxylic acids is 2. The van der Waals surface area contributed by atoms with Crippen molar-refractivity contribution in [2.75, 3.05) is 25.0 Å². The molecule has 8 heteroatoms. The zero-order valence-electron chi connectivity index (χ0n) is 16.9. The van der Waals surface area contributed by atoms with Crippen LogP contribution in [-0.2, 0) is 9.59 Å². The number of amides is 2. The maximum atomic E-state index is 12.6. The van der Waals surface area contributed by atoms with Gasteiger partial charge in [0.25, 0.3) is 0 Å². The van der Waals surface area contributed by atoms with Crippen molar-refractivity contribution in [3.8, 4) is 11.1 Å². The molecule has 3 heterocycles. The van der Waals surface area contributed by atoms with Gasteiger partial charge in [-0.15, -0.1) is 11.3 Å². The summed E-state index contributed by atoms with van der Waals surface area (Å²) in [5.74, 6) is 0.459. The normalized spacial score (nSPS) is 14.8. The highest BCUT2D eigenvalue weighted by Crippen LogP contribution is 2.40. The molecule has 0 radical (unpaired) electrons. The zero-order valence-corrected chi connectivity index (χ0v) is 17.7. The zero-order chi connectivity index (χ0) is 21.1. The maximum Gasteiger partial charge on any atom is 0.224 e. The van der Waals surface area contributed by atoms with Crippen molar-refractivity contribution in [2.45, 2.75) is 26.2 Å². The molecular formula is C22H25N5O2S. The standard InChI is InChI=1S/C22H25N5O2S/c1-14-18(15-5-3-2-4-6-15)19-21(25-13-26-22(19)30-14)24-10-7-17(28)27-11-8-16(9-12-27)20(23)29/h2-6,13,16H,7-12H2,1H3,(H2,23,29)(H,24,25,26). The number of hydrogen-bond acceptors (Lipinski definition) is 6. The molecule has 0 unspecified atom stereocenters. The summed E-state index contributed by atoms with van der Waals surface area (Å²) in [7, 11) is 0. The Morgan fingerprint density at radius 2 is 1.93 bits per heavy atom. The van der Waals surface area contributed by atoms with Gasteiger partial charge in [-0.1, -0.05) is 30.3 Å². The number of benzene rings is 1. The van der Waals surface area contributed by atoms with Gasteiger partial charge in [-0.25, -0.2) is 9.97 Å². The molecule has 1 fully saturated rings. The molecule has 2 aromatic heterocycles. The fraction of sp³-hybridized carbons (Fsp3) is 0.364. The van der Waals surface area contributed by atoms with E-state index in [1.165, 1.54) is 4.88 Å². The fourth-order valence-electron chi connectivity index (χ4n) is 3.99. The number of anilines is 1. The number of aromatic nitrogens is 2. The number of rotatable bonds is 6. The minimum absolute atomic E-state index is 0.0838. The summed E-state index contributed by atoms with van der Waals surface area (Å²) in [6, 6.07) is 10.2. The predicted molar refractivity (Wildman–Crippen MR) is 119 cm³/mol. The third-order valence-electron chi connectivity index (χ3n) is 5.61. The Balaban J connectivity index is 1.45. The van der Waals surface area contributed by atoms with E-state index in [1.807, 2.05) is 23.1 Å². The van der Waals surface area contributed by atoms with Gasteiger partial charge in [-0.2, -0.15) is 0 Å². The van der Waals surface area contributed by atoms with E-state index < -0.39 is 0 Å². The molecule has 2 amide bonds. The molecule has 1 aliphatic rings. The highest BCUT2D eigenvalue weighted by Gasteiger charge is 2.25. The van der Waals surface area contributed by atoms with Crippen molar-refractivity contribution in [3.63, 3.8) is 0 Å². The van der Waals surface area contributed by atoms with Crippen LogP contribution in [0.4, 0.5) is 5.82 Å². The Bertz CT molecular complexity index is 1060. The van der Waals surface area contributed by atoms with E-state index >= 15 is 0 Å². The lowest BCUT2D eigenvalue weighted by molar-refractivity contribution is -0.134. The van der Waals surface area contributed by atoms with Gasteiger partial charge in [0.2, 0.25) is 11.8 Å². The summed E-state index contributed by atoms with van der Waals surface area (Å²) in [6.45, 7) is 3.76. The number of nitrogens with zero attached hydrogens (tertiary/aromatic N) is 3. The number of hydrogen-bond donors (Lipinski definition) is 2. The van der Waals surface area contributed by atoms with Gasteiger partial charge >= 0.3 is 0 Å². The number of carbonyl (C=O) groups is 2. The number of primary amides is 1. The van der Waals surface area contributed by atoms with Crippen molar-refractivity contribution < 1.29 is 9.59 Å². The van der Waals surface area contributed by atoms with Gasteiger partial charge < -0.3 is 16.0 Å². The van der Waals surface area contributed by atoms with Gasteiger partial charge in [0.1, 0.15) is 17.0 Å². The van der Waals surface area contributed by atoms with Crippen LogP contribution in [0.5, 0.6) is 0 Å². The summed E-state index contributed by atoms with van der Waals surface area (Å²) in [6.07, 6.45) is 3.23. The van der Waals surface area contributed by atoms with Crippen LogP contribution in [-0.4, -0.2) is 46.3 Å². The van der Waals surface area contributed by atoms with Crippen molar-refractivity contribution in [1.82, 2.24) is 14.9 Å². The third-order valence-corrected chi connectivity index (χ3v) is 6.62. The van der Waals surface area contributed by atoms with E-state index in [9.17, 15) is 9.59 Å². The van der Waals surface area contributed by atoms with Gasteiger partial charge in [-0.3, -0.25) is 9.59 Å². The summed E-state index contributed by atoms with van der Waals surface area (Å²) >= 11 is 1.65. The molecular weight excluding hydrogens is 398 g/mol. The Morgan fingerprint density at radius 1 is 1.20 bits per heavy atom. The van der Waals surface area contributed by atoms with Crippen LogP contribution < -0.4 is 11.1 Å². The molecule has 156 valence electrons. The van der Waals surface area contributed by atoms with Gasteiger partial charge in [-0.05, 0) is 25.3 Å². The first-order chi connectivity index (χ1) is 14.5. The first-order valence-electron chi connectivity index (χ1n) is 10.1. The number of likely N-dealkylation sites (tertiary alicyclic amines) is 1. The summed E-state index contributed by atoms with van der Waals surface area (Å²) in [5, 5.41) is 4.34. The second-order valence-electron chi connectivity index (χ2n) is 7.54. The molecule has 0 aliphatic carbocycles. The van der Waals surface area contributed by atoms with E-state index in [1.54, 1.807) is 17.7 Å². The molecule has 0 spiro atoms. The van der Waals surface area contributed by atoms with E-state index in [-0.39, 0.29) is 17.7 Å². The van der Waals surface area contributed by atoms with Crippen LogP contribution in [0.25, 0.3) is 21.3 Å². The summed E-state index contributed by atoms with van der Waals surface area (Å²) in [4.78, 5) is 36.7. The molecule has 30 heavy (non-hydrogen) atoms. The first-order valence-corrected chi connectivity index (χ1v) is 11.0. The molecule has 4 rings (SSSR count). The van der Waals surface area contributed by atoms with Gasteiger partial charge in [0, 0.05) is 42.4 Å². The van der Waals surface area contributed by atoms with Crippen molar-refractivity contribution in [3.05, 3.63) is 41.5 Å². The largest absolute Gasteiger partial charge is 0.369 e. The minimum atomic E-state index is -0.267. The van der Waals surface area contributed by atoms with Crippen LogP contribution >= 0.6 is 11.3 Å². The Kier molecular flexibility index (Phi) is 5.94. The monoisotopic (exact) mass is 423 g/mol. The molecule has 1 aromatic carbocycles. The lowest BCUT2D eigenvalue weighted by Crippen LogP contribution is -2.42. The SMILES string of the molecule is Cc1sc2ncnc(NCCC(=O)N3CCC(C(N)=O)CC3)c2c1-c1ccccc1. The van der Waals surface area contributed by atoms with E-state index in [0.717, 1.165) is 27.2 Å². The van der Waals surface area contributed by atoms with E-state index in [2.05, 4.69) is 34.3 Å². The first kappa shape index (κ1) is 20.3. The van der Waals surface area contributed by atoms with Crippen molar-refractivity contribution in [1.29, 1.82) is 0 Å². The molecule has 3 aromatic rings. The van der Waals surface area contributed by atoms with E-state index in [4.69, 9.17) is 5.73 Å². The lowest BCUT2D eigenvalue weighted by atomic mass is 9.96. The van der Waals surface area contributed by atoms with Crippen LogP contribution in [0.15, 0.2) is 36.7 Å². The minimum Gasteiger partial charge on any atom is -0.369 e. The molecule has 3 N–H and O–H groups in total. The van der Waals surface area contributed by atoms with Gasteiger partial charge in [0.05, 0.1) is 5.39 Å². The molecule has 7 nitrogen and oxygen atoms in total. The quantitative estimate of drug-likeness (QED) is 0.634. The van der Waals surface area contributed by atoms with Gasteiger partial charge in [0.15, 0.2) is 0 Å². The summed E-state index contributed by atoms with van der Waals surface area (Å²) in [5.41, 5.74) is 7.64. The molecule has 0 saturated carbocycles. The van der Waals surface area contributed by atoms with Crippen molar-refractivity contribution in [2.24, 2.45) is 11.7 Å². The number of fused-ring (bicyclic) bond motifs is 1. The Labute approximate surface area is 179 Å². The van der Waals surface area contributed by atoms with Crippen molar-refractivity contribution >= 4 is 39.2 Å². The molecule has 1 saturated heterocycles. The van der Waals surface area contributed by atoms with Crippen LogP contribution in [0.1, 0.15) is 24.1 Å². The molecule has 0 atom stereocenters. The average molecular weight is 424 g/mol. The lowest BCUT2D eigenvalue weighted by Gasteiger charge is -2.30. The van der Waals surface area contributed by atoms with Crippen LogP contribution in [0.3, 0.4) is 0 Å². The third kappa shape index (κ3) is 4.14.